The number of benzene rings is 3. The Hall–Kier alpha value is -2.83. The van der Waals surface area contributed by atoms with E-state index in [9.17, 15) is 4.79 Å². The number of nitrogens with one attached hydrogen (secondary N) is 1. The second-order valence-electron chi connectivity index (χ2n) is 6.63. The predicted octanol–water partition coefficient (Wildman–Crippen LogP) is 5.77. The summed E-state index contributed by atoms with van der Waals surface area (Å²) in [4.78, 5) is 12.1. The standard InChI is InChI=1S/C24H22BrClN2O3/c1-2-30-22-13-19(12-21(25)24(22)31-16-18-6-4-3-5-7-18)15-27-28-23(29)14-17-8-10-20(26)11-9-17/h3-13,15H,2,14,16H2,1H3,(H,28,29)/b27-15-. The van der Waals surface area contributed by atoms with Gasteiger partial charge in [0.1, 0.15) is 6.61 Å². The summed E-state index contributed by atoms with van der Waals surface area (Å²) in [6.07, 6.45) is 1.78. The molecule has 0 aliphatic carbocycles. The van der Waals surface area contributed by atoms with Crippen molar-refractivity contribution in [3.05, 3.63) is 92.9 Å². The molecule has 1 N–H and O–H groups in total. The third-order valence-corrected chi connectivity index (χ3v) is 5.08. The maximum absolute atomic E-state index is 12.1. The minimum atomic E-state index is -0.217. The number of nitrogens with zero attached hydrogens (tertiary/aromatic N) is 1. The van der Waals surface area contributed by atoms with Gasteiger partial charge in [-0.2, -0.15) is 5.10 Å². The summed E-state index contributed by atoms with van der Waals surface area (Å²) in [5.41, 5.74) is 5.22. The van der Waals surface area contributed by atoms with Crippen LogP contribution in [0.4, 0.5) is 0 Å². The van der Waals surface area contributed by atoms with Crippen LogP contribution in [0.25, 0.3) is 0 Å². The molecule has 0 radical (unpaired) electrons. The zero-order valence-corrected chi connectivity index (χ0v) is 19.3. The minimum Gasteiger partial charge on any atom is -0.490 e. The fourth-order valence-electron chi connectivity index (χ4n) is 2.80. The second kappa shape index (κ2) is 11.5. The van der Waals surface area contributed by atoms with Gasteiger partial charge in [-0.15, -0.1) is 0 Å². The van der Waals surface area contributed by atoms with Gasteiger partial charge in [0, 0.05) is 5.02 Å². The van der Waals surface area contributed by atoms with Crippen molar-refractivity contribution in [1.82, 2.24) is 5.43 Å². The molecule has 160 valence electrons. The third kappa shape index (κ3) is 7.12. The Bertz CT molecular complexity index is 1040. The molecule has 3 rings (SSSR count). The maximum atomic E-state index is 12.1. The Morgan fingerprint density at radius 2 is 1.81 bits per heavy atom. The summed E-state index contributed by atoms with van der Waals surface area (Å²) < 4.78 is 12.5. The highest BCUT2D eigenvalue weighted by molar-refractivity contribution is 9.10. The van der Waals surface area contributed by atoms with Crippen LogP contribution in [0, 0.1) is 0 Å². The first-order valence-electron chi connectivity index (χ1n) is 9.74. The van der Waals surface area contributed by atoms with Gasteiger partial charge in [0.2, 0.25) is 5.91 Å². The SMILES string of the molecule is CCOc1cc(/C=N\NC(=O)Cc2ccc(Cl)cc2)cc(Br)c1OCc1ccccc1. The van der Waals surface area contributed by atoms with Crippen LogP contribution in [-0.2, 0) is 17.8 Å². The Labute approximate surface area is 195 Å². The molecule has 0 fully saturated rings. The number of amides is 1. The monoisotopic (exact) mass is 500 g/mol. The van der Waals surface area contributed by atoms with Gasteiger partial charge in [0.25, 0.3) is 0 Å². The highest BCUT2D eigenvalue weighted by Gasteiger charge is 2.12. The Morgan fingerprint density at radius 3 is 2.52 bits per heavy atom. The molecule has 1 amide bonds. The molecule has 31 heavy (non-hydrogen) atoms. The molecule has 0 aliphatic rings. The van der Waals surface area contributed by atoms with Gasteiger partial charge in [0.15, 0.2) is 11.5 Å². The zero-order chi connectivity index (χ0) is 22.1. The molecule has 0 saturated heterocycles. The fourth-order valence-corrected chi connectivity index (χ4v) is 3.50. The van der Waals surface area contributed by atoms with E-state index < -0.39 is 0 Å². The van der Waals surface area contributed by atoms with Crippen molar-refractivity contribution in [1.29, 1.82) is 0 Å². The summed E-state index contributed by atoms with van der Waals surface area (Å²) in [6.45, 7) is 2.83. The van der Waals surface area contributed by atoms with E-state index in [4.69, 9.17) is 21.1 Å². The number of hydrogen-bond acceptors (Lipinski definition) is 4. The number of carbonyl (C=O) groups is 1. The normalized spacial score (nSPS) is 10.8. The van der Waals surface area contributed by atoms with Gasteiger partial charge >= 0.3 is 0 Å². The van der Waals surface area contributed by atoms with Crippen molar-refractivity contribution in [3.8, 4) is 11.5 Å². The minimum absolute atomic E-state index is 0.217. The van der Waals surface area contributed by atoms with Gasteiger partial charge in [0.05, 0.1) is 23.7 Å². The molecule has 0 spiro atoms. The van der Waals surface area contributed by atoms with E-state index in [-0.39, 0.29) is 12.3 Å². The molecule has 0 atom stereocenters. The zero-order valence-electron chi connectivity index (χ0n) is 17.0. The highest BCUT2D eigenvalue weighted by atomic mass is 79.9. The van der Waals surface area contributed by atoms with Crippen LogP contribution in [0.5, 0.6) is 11.5 Å². The largest absolute Gasteiger partial charge is 0.490 e. The first kappa shape index (κ1) is 22.8. The lowest BCUT2D eigenvalue weighted by Gasteiger charge is -2.14. The van der Waals surface area contributed by atoms with Gasteiger partial charge in [-0.25, -0.2) is 5.43 Å². The van der Waals surface area contributed by atoms with Crippen LogP contribution >= 0.6 is 27.5 Å². The quantitative estimate of drug-likeness (QED) is 0.299. The van der Waals surface area contributed by atoms with Crippen molar-refractivity contribution in [2.75, 3.05) is 6.61 Å². The van der Waals surface area contributed by atoms with Crippen LogP contribution in [-0.4, -0.2) is 18.7 Å². The van der Waals surface area contributed by atoms with Gasteiger partial charge < -0.3 is 9.47 Å². The van der Waals surface area contributed by atoms with E-state index in [1.165, 1.54) is 0 Å². The molecule has 0 aromatic heterocycles. The first-order chi connectivity index (χ1) is 15.0. The van der Waals surface area contributed by atoms with E-state index in [0.717, 1.165) is 21.2 Å². The smallest absolute Gasteiger partial charge is 0.244 e. The summed E-state index contributed by atoms with van der Waals surface area (Å²) in [7, 11) is 0. The predicted molar refractivity (Wildman–Crippen MR) is 127 cm³/mol. The molecule has 3 aromatic rings. The molecule has 5 nitrogen and oxygen atoms in total. The van der Waals surface area contributed by atoms with Gasteiger partial charge in [-0.05, 0) is 63.8 Å². The Balaban J connectivity index is 1.65. The first-order valence-corrected chi connectivity index (χ1v) is 10.9. The van der Waals surface area contributed by atoms with Crippen LogP contribution in [0.1, 0.15) is 23.6 Å². The van der Waals surface area contributed by atoms with Crippen molar-refractivity contribution in [2.24, 2.45) is 5.10 Å². The van der Waals surface area contributed by atoms with Crippen LogP contribution in [0.2, 0.25) is 5.02 Å². The Morgan fingerprint density at radius 1 is 1.06 bits per heavy atom. The molecule has 7 heteroatoms. The van der Waals surface area contributed by atoms with Crippen LogP contribution in [0.15, 0.2) is 76.3 Å². The lowest BCUT2D eigenvalue weighted by atomic mass is 10.1. The third-order valence-electron chi connectivity index (χ3n) is 4.24. The van der Waals surface area contributed by atoms with E-state index in [1.807, 2.05) is 61.5 Å². The molecular weight excluding hydrogens is 480 g/mol. The molecule has 3 aromatic carbocycles. The number of carbonyl (C=O) groups excluding carboxylic acids is 1. The molecular formula is C24H22BrClN2O3. The number of halogens is 2. The molecule has 0 bridgehead atoms. The van der Waals surface area contributed by atoms with Crippen LogP contribution < -0.4 is 14.9 Å². The van der Waals surface area contributed by atoms with E-state index >= 15 is 0 Å². The Kier molecular flexibility index (Phi) is 8.50. The molecule has 0 saturated carbocycles. The maximum Gasteiger partial charge on any atom is 0.244 e. The number of hydrazone groups is 1. The highest BCUT2D eigenvalue weighted by Crippen LogP contribution is 2.37. The van der Waals surface area contributed by atoms with Gasteiger partial charge in [-0.1, -0.05) is 54.1 Å². The summed E-state index contributed by atoms with van der Waals surface area (Å²) in [5, 5.41) is 4.69. The lowest BCUT2D eigenvalue weighted by molar-refractivity contribution is -0.120. The number of ether oxygens (including phenoxy) is 2. The van der Waals surface area contributed by atoms with Crippen LogP contribution in [0.3, 0.4) is 0 Å². The second-order valence-corrected chi connectivity index (χ2v) is 7.92. The average molecular weight is 502 g/mol. The number of rotatable bonds is 9. The van der Waals surface area contributed by atoms with E-state index in [0.29, 0.717) is 29.7 Å². The van der Waals surface area contributed by atoms with E-state index in [2.05, 4.69) is 26.5 Å². The lowest BCUT2D eigenvalue weighted by Crippen LogP contribution is -2.19. The average Bonchev–Trinajstić information content (AvgIpc) is 2.76. The summed E-state index contributed by atoms with van der Waals surface area (Å²) in [6, 6.07) is 20.7. The van der Waals surface area contributed by atoms with Crippen molar-refractivity contribution < 1.29 is 14.3 Å². The molecule has 0 heterocycles. The van der Waals surface area contributed by atoms with Crippen molar-refractivity contribution in [2.45, 2.75) is 20.0 Å². The molecule has 0 aliphatic heterocycles. The fraction of sp³-hybridized carbons (Fsp3) is 0.167. The van der Waals surface area contributed by atoms with Crippen molar-refractivity contribution in [3.63, 3.8) is 0 Å². The van der Waals surface area contributed by atoms with Gasteiger partial charge in [-0.3, -0.25) is 4.79 Å². The topological polar surface area (TPSA) is 59.9 Å². The van der Waals surface area contributed by atoms with Crippen molar-refractivity contribution >= 4 is 39.7 Å². The molecule has 0 unspecified atom stereocenters. The van der Waals surface area contributed by atoms with E-state index in [1.54, 1.807) is 18.3 Å². The number of hydrogen-bond donors (Lipinski definition) is 1. The summed E-state index contributed by atoms with van der Waals surface area (Å²) >= 11 is 9.41. The summed E-state index contributed by atoms with van der Waals surface area (Å²) in [5.74, 6) is 1.00.